The average Bonchev–Trinajstić information content (AvgIpc) is 1.86. The van der Waals surface area contributed by atoms with Crippen LogP contribution in [0.25, 0.3) is 0 Å². The summed E-state index contributed by atoms with van der Waals surface area (Å²) in [6.45, 7) is 1.63. The van der Waals surface area contributed by atoms with Gasteiger partial charge in [-0.3, -0.25) is 4.55 Å². The van der Waals surface area contributed by atoms with Gasteiger partial charge in [-0.15, -0.1) is 24.8 Å². The third-order valence-corrected chi connectivity index (χ3v) is 2.39. The fourth-order valence-corrected chi connectivity index (χ4v) is 1.57. The van der Waals surface area contributed by atoms with E-state index in [-0.39, 0.29) is 29.7 Å². The van der Waals surface area contributed by atoms with Gasteiger partial charge in [0.25, 0.3) is 10.1 Å². The van der Waals surface area contributed by atoms with E-state index in [0.29, 0.717) is 5.56 Å². The Kier molecular flexibility index (Phi) is 6.36. The van der Waals surface area contributed by atoms with Crippen LogP contribution in [0.15, 0.2) is 29.2 Å². The van der Waals surface area contributed by atoms with Crippen molar-refractivity contribution in [3.63, 3.8) is 0 Å². The molecule has 3 nitrogen and oxygen atoms in total. The van der Waals surface area contributed by atoms with Crippen LogP contribution in [-0.2, 0) is 10.1 Å². The molecule has 0 saturated carbocycles. The second kappa shape index (κ2) is 5.44. The molecule has 1 aromatic rings. The Bertz CT molecular complexity index is 362. The average molecular weight is 245 g/mol. The molecule has 0 aliphatic rings. The summed E-state index contributed by atoms with van der Waals surface area (Å²) in [5.41, 5.74) is 0.551. The van der Waals surface area contributed by atoms with Gasteiger partial charge in [-0.05, 0) is 18.6 Å². The van der Waals surface area contributed by atoms with Gasteiger partial charge in [0.15, 0.2) is 0 Å². The smallest absolute Gasteiger partial charge is 0.282 e. The summed E-state index contributed by atoms with van der Waals surface area (Å²) in [6.07, 6.45) is 0. The van der Waals surface area contributed by atoms with E-state index in [0.717, 1.165) is 0 Å². The molecule has 0 radical (unpaired) electrons. The zero-order valence-corrected chi connectivity index (χ0v) is 9.25. The van der Waals surface area contributed by atoms with Crippen molar-refractivity contribution in [2.75, 3.05) is 0 Å². The van der Waals surface area contributed by atoms with Crippen LogP contribution in [0.4, 0.5) is 0 Å². The minimum absolute atomic E-state index is 0. The predicted molar refractivity (Wildman–Crippen MR) is 55.5 cm³/mol. The topological polar surface area (TPSA) is 54.4 Å². The van der Waals surface area contributed by atoms with Crippen molar-refractivity contribution < 1.29 is 13.0 Å². The van der Waals surface area contributed by atoms with Crippen molar-refractivity contribution in [2.24, 2.45) is 0 Å². The van der Waals surface area contributed by atoms with Gasteiger partial charge >= 0.3 is 0 Å². The van der Waals surface area contributed by atoms with Crippen LogP contribution in [0.1, 0.15) is 5.56 Å². The Labute approximate surface area is 89.7 Å². The van der Waals surface area contributed by atoms with Gasteiger partial charge in [0.1, 0.15) is 0 Å². The van der Waals surface area contributed by atoms with E-state index >= 15 is 0 Å². The largest absolute Gasteiger partial charge is 0.294 e. The number of rotatable bonds is 1. The second-order valence-corrected chi connectivity index (χ2v) is 3.63. The third-order valence-electron chi connectivity index (χ3n) is 1.37. The Morgan fingerprint density at radius 1 is 1.15 bits per heavy atom. The highest BCUT2D eigenvalue weighted by atomic mass is 35.5. The summed E-state index contributed by atoms with van der Waals surface area (Å²) in [7, 11) is -4.03. The van der Waals surface area contributed by atoms with Crippen molar-refractivity contribution >= 4 is 34.9 Å². The zero-order valence-electron chi connectivity index (χ0n) is 6.80. The first-order valence-corrected chi connectivity index (χ1v) is 4.49. The first-order valence-electron chi connectivity index (χ1n) is 3.05. The Morgan fingerprint density at radius 3 is 1.92 bits per heavy atom. The zero-order chi connectivity index (χ0) is 8.48. The molecule has 13 heavy (non-hydrogen) atoms. The molecule has 0 fully saturated rings. The van der Waals surface area contributed by atoms with Crippen LogP contribution in [0.5, 0.6) is 0 Å². The van der Waals surface area contributed by atoms with Crippen molar-refractivity contribution in [3.05, 3.63) is 29.8 Å². The van der Waals surface area contributed by atoms with Gasteiger partial charge in [0.05, 0.1) is 4.90 Å². The summed E-state index contributed by atoms with van der Waals surface area (Å²) in [5, 5.41) is 0. The lowest BCUT2D eigenvalue weighted by Crippen LogP contribution is -1.99. The van der Waals surface area contributed by atoms with Crippen LogP contribution >= 0.6 is 24.8 Å². The summed E-state index contributed by atoms with van der Waals surface area (Å²) in [6, 6.07) is 6.27. The van der Waals surface area contributed by atoms with Crippen LogP contribution in [0.3, 0.4) is 0 Å². The maximum atomic E-state index is 10.6. The van der Waals surface area contributed by atoms with E-state index in [9.17, 15) is 8.42 Å². The molecule has 6 heteroatoms. The summed E-state index contributed by atoms with van der Waals surface area (Å²) >= 11 is 0. The maximum absolute atomic E-state index is 10.6. The Balaban J connectivity index is 0. The Morgan fingerprint density at radius 2 is 1.62 bits per heavy atom. The molecule has 1 N–H and O–H groups in total. The van der Waals surface area contributed by atoms with Crippen LogP contribution in [0, 0.1) is 6.92 Å². The van der Waals surface area contributed by atoms with Crippen molar-refractivity contribution in [1.82, 2.24) is 0 Å². The standard InChI is InChI=1S/C7H8O3S.2ClH/c1-6-4-2-3-5-7(6)11(8,9)10;;/h2-5H,1H3,(H,8,9,10);2*1H. The Hall–Kier alpha value is -0.290. The molecule has 0 aliphatic heterocycles. The maximum Gasteiger partial charge on any atom is 0.294 e. The van der Waals surface area contributed by atoms with E-state index in [1.165, 1.54) is 6.07 Å². The van der Waals surface area contributed by atoms with Crippen molar-refractivity contribution in [3.8, 4) is 0 Å². The quantitative estimate of drug-likeness (QED) is 0.770. The highest BCUT2D eigenvalue weighted by Crippen LogP contribution is 2.12. The van der Waals surface area contributed by atoms with Gasteiger partial charge in [-0.2, -0.15) is 8.42 Å². The van der Waals surface area contributed by atoms with Gasteiger partial charge in [0.2, 0.25) is 0 Å². The SMILES string of the molecule is Cc1ccccc1S(=O)(=O)O.Cl.Cl. The van der Waals surface area contributed by atoms with Crippen LogP contribution in [0.2, 0.25) is 0 Å². The third kappa shape index (κ3) is 3.95. The lowest BCUT2D eigenvalue weighted by atomic mass is 10.2. The number of hydrogen-bond donors (Lipinski definition) is 1. The molecular weight excluding hydrogens is 235 g/mol. The van der Waals surface area contributed by atoms with E-state index in [1.807, 2.05) is 0 Å². The monoisotopic (exact) mass is 244 g/mol. The van der Waals surface area contributed by atoms with E-state index < -0.39 is 10.1 Å². The number of halogens is 2. The fraction of sp³-hybridized carbons (Fsp3) is 0.143. The van der Waals surface area contributed by atoms with Crippen LogP contribution in [-0.4, -0.2) is 13.0 Å². The predicted octanol–water partition coefficient (Wildman–Crippen LogP) is 2.09. The highest BCUT2D eigenvalue weighted by molar-refractivity contribution is 7.85. The summed E-state index contributed by atoms with van der Waals surface area (Å²) in [5.74, 6) is 0. The van der Waals surface area contributed by atoms with Gasteiger partial charge in [0, 0.05) is 0 Å². The normalized spacial score (nSPS) is 9.69. The summed E-state index contributed by atoms with van der Waals surface area (Å²) in [4.78, 5) is -0.0278. The number of aryl methyl sites for hydroxylation is 1. The van der Waals surface area contributed by atoms with E-state index in [1.54, 1.807) is 25.1 Å². The lowest BCUT2D eigenvalue weighted by molar-refractivity contribution is 0.482. The van der Waals surface area contributed by atoms with Crippen LogP contribution < -0.4 is 0 Å². The molecule has 0 heterocycles. The summed E-state index contributed by atoms with van der Waals surface area (Å²) < 4.78 is 29.9. The molecule has 0 bridgehead atoms. The first kappa shape index (κ1) is 15.2. The first-order chi connectivity index (χ1) is 5.02. The van der Waals surface area contributed by atoms with Crippen molar-refractivity contribution in [2.45, 2.75) is 11.8 Å². The molecule has 1 rings (SSSR count). The number of hydrogen-bond acceptors (Lipinski definition) is 2. The van der Waals surface area contributed by atoms with E-state index in [4.69, 9.17) is 4.55 Å². The molecule has 0 aromatic heterocycles. The second-order valence-electron chi connectivity index (χ2n) is 2.24. The van der Waals surface area contributed by atoms with Gasteiger partial charge in [-0.1, -0.05) is 18.2 Å². The lowest BCUT2D eigenvalue weighted by Gasteiger charge is -1.99. The number of benzene rings is 1. The minimum Gasteiger partial charge on any atom is -0.282 e. The molecule has 1 aromatic carbocycles. The molecule has 0 saturated heterocycles. The molecule has 0 amide bonds. The minimum atomic E-state index is -4.03. The molecule has 0 aliphatic carbocycles. The van der Waals surface area contributed by atoms with Gasteiger partial charge in [-0.25, -0.2) is 0 Å². The molecule has 0 atom stereocenters. The van der Waals surface area contributed by atoms with E-state index in [2.05, 4.69) is 0 Å². The molecule has 0 unspecified atom stereocenters. The molecule has 76 valence electrons. The fourth-order valence-electron chi connectivity index (χ4n) is 0.846. The molecule has 0 spiro atoms. The highest BCUT2D eigenvalue weighted by Gasteiger charge is 2.10. The van der Waals surface area contributed by atoms with Crippen molar-refractivity contribution in [1.29, 1.82) is 0 Å². The van der Waals surface area contributed by atoms with Gasteiger partial charge < -0.3 is 0 Å². The molecular formula is C7H10Cl2O3S.